The lowest BCUT2D eigenvalue weighted by molar-refractivity contribution is 0.102. The predicted molar refractivity (Wildman–Crippen MR) is 126 cm³/mol. The molecular weight excluding hydrogens is 426 g/mol. The van der Waals surface area contributed by atoms with E-state index in [0.717, 1.165) is 33.5 Å². The Hall–Kier alpha value is -2.97. The molecule has 3 aromatic heterocycles. The molecule has 0 unspecified atom stereocenters. The standard InChI is InChI=1S/C23H23N5OS2/c1-5-10-27-21(18-8-6-7-15(2)12-18)25-26-23(27)31-14-20(29)19-13-16(3)28(17(19)4)22-24-9-11-30-22/h5-9,11-13H,1,10,14H2,2-4H3. The molecule has 0 aliphatic rings. The lowest BCUT2D eigenvalue weighted by atomic mass is 10.1. The number of Topliss-reactive ketones (excluding diaryl/α,β-unsaturated/α-hetero) is 1. The van der Waals surface area contributed by atoms with Crippen LogP contribution in [-0.4, -0.2) is 35.9 Å². The van der Waals surface area contributed by atoms with Crippen LogP contribution in [0.1, 0.15) is 27.3 Å². The summed E-state index contributed by atoms with van der Waals surface area (Å²) in [7, 11) is 0. The number of nitrogens with zero attached hydrogens (tertiary/aromatic N) is 5. The molecule has 0 aliphatic carbocycles. The minimum absolute atomic E-state index is 0.0613. The van der Waals surface area contributed by atoms with Gasteiger partial charge < -0.3 is 0 Å². The summed E-state index contributed by atoms with van der Waals surface area (Å²) < 4.78 is 4.02. The maximum Gasteiger partial charge on any atom is 0.193 e. The Kier molecular flexibility index (Phi) is 6.20. The zero-order chi connectivity index (χ0) is 22.0. The van der Waals surface area contributed by atoms with Gasteiger partial charge in [0, 0.05) is 40.6 Å². The van der Waals surface area contributed by atoms with E-state index in [9.17, 15) is 4.79 Å². The molecule has 3 heterocycles. The Labute approximate surface area is 189 Å². The molecule has 0 bridgehead atoms. The molecule has 4 rings (SSSR count). The summed E-state index contributed by atoms with van der Waals surface area (Å²) in [5, 5.41) is 12.3. The molecule has 0 aliphatic heterocycles. The third kappa shape index (κ3) is 4.26. The molecule has 0 N–H and O–H groups in total. The SMILES string of the molecule is C=CCn1c(SCC(=O)c2cc(C)n(-c3nccs3)c2C)nnc1-c1cccc(C)c1. The second-order valence-corrected chi connectivity index (χ2v) is 9.04. The molecule has 0 atom stereocenters. The molecule has 1 aromatic carbocycles. The second kappa shape index (κ2) is 9.03. The van der Waals surface area contributed by atoms with Crippen molar-refractivity contribution in [2.75, 3.05) is 5.75 Å². The van der Waals surface area contributed by atoms with Gasteiger partial charge in [0.2, 0.25) is 0 Å². The van der Waals surface area contributed by atoms with Gasteiger partial charge in [0.1, 0.15) is 0 Å². The summed E-state index contributed by atoms with van der Waals surface area (Å²) in [6, 6.07) is 10.1. The van der Waals surface area contributed by atoms with Gasteiger partial charge in [-0.15, -0.1) is 28.1 Å². The Bertz CT molecular complexity index is 1240. The number of aromatic nitrogens is 5. The third-order valence-corrected chi connectivity index (χ3v) is 6.70. The number of hydrogen-bond donors (Lipinski definition) is 0. The molecule has 6 nitrogen and oxygen atoms in total. The van der Waals surface area contributed by atoms with Gasteiger partial charge in [-0.3, -0.25) is 13.9 Å². The van der Waals surface area contributed by atoms with Crippen molar-refractivity contribution in [3.05, 3.63) is 77.1 Å². The predicted octanol–water partition coefficient (Wildman–Crippen LogP) is 5.28. The Morgan fingerprint density at radius 2 is 2.06 bits per heavy atom. The molecule has 0 saturated carbocycles. The number of benzene rings is 1. The number of hydrogen-bond acceptors (Lipinski definition) is 6. The van der Waals surface area contributed by atoms with Crippen molar-refractivity contribution in [3.8, 4) is 16.5 Å². The number of aryl methyl sites for hydroxylation is 2. The van der Waals surface area contributed by atoms with Crippen molar-refractivity contribution >= 4 is 28.9 Å². The molecule has 4 aromatic rings. The molecule has 31 heavy (non-hydrogen) atoms. The summed E-state index contributed by atoms with van der Waals surface area (Å²) in [4.78, 5) is 17.4. The van der Waals surface area contributed by atoms with E-state index in [0.29, 0.717) is 17.3 Å². The first-order chi connectivity index (χ1) is 15.0. The van der Waals surface area contributed by atoms with Gasteiger partial charge in [-0.05, 0) is 32.9 Å². The molecule has 8 heteroatoms. The molecule has 0 spiro atoms. The summed E-state index contributed by atoms with van der Waals surface area (Å²) >= 11 is 2.95. The maximum atomic E-state index is 13.0. The van der Waals surface area contributed by atoms with Crippen LogP contribution in [0.3, 0.4) is 0 Å². The topological polar surface area (TPSA) is 65.6 Å². The van der Waals surface area contributed by atoms with Crippen LogP contribution in [0.4, 0.5) is 0 Å². The Morgan fingerprint density at radius 1 is 1.23 bits per heavy atom. The number of rotatable bonds is 8. The van der Waals surface area contributed by atoms with E-state index >= 15 is 0 Å². The number of carbonyl (C=O) groups excluding carboxylic acids is 1. The largest absolute Gasteiger partial charge is 0.298 e. The highest BCUT2D eigenvalue weighted by Gasteiger charge is 2.20. The van der Waals surface area contributed by atoms with Gasteiger partial charge in [0.25, 0.3) is 0 Å². The van der Waals surface area contributed by atoms with E-state index in [1.54, 1.807) is 17.5 Å². The van der Waals surface area contributed by atoms with E-state index < -0.39 is 0 Å². The van der Waals surface area contributed by atoms with Gasteiger partial charge in [-0.1, -0.05) is 41.6 Å². The fourth-order valence-corrected chi connectivity index (χ4v) is 5.14. The number of thioether (sulfide) groups is 1. The number of allylic oxidation sites excluding steroid dienone is 1. The fraction of sp³-hybridized carbons (Fsp3) is 0.217. The average molecular weight is 450 g/mol. The minimum atomic E-state index is 0.0613. The highest BCUT2D eigenvalue weighted by molar-refractivity contribution is 7.99. The summed E-state index contributed by atoms with van der Waals surface area (Å²) in [5.74, 6) is 1.12. The van der Waals surface area contributed by atoms with Crippen molar-refractivity contribution < 1.29 is 4.79 Å². The maximum absolute atomic E-state index is 13.0. The Morgan fingerprint density at radius 3 is 2.77 bits per heavy atom. The van der Waals surface area contributed by atoms with E-state index in [4.69, 9.17) is 0 Å². The van der Waals surface area contributed by atoms with Gasteiger partial charge in [0.05, 0.1) is 5.75 Å². The quantitative estimate of drug-likeness (QED) is 0.208. The minimum Gasteiger partial charge on any atom is -0.298 e. The number of carbonyl (C=O) groups is 1. The number of ketones is 1. The molecule has 0 amide bonds. The fourth-order valence-electron chi connectivity index (χ4n) is 3.56. The molecule has 0 radical (unpaired) electrons. The van der Waals surface area contributed by atoms with Crippen LogP contribution in [0.15, 0.2) is 59.7 Å². The second-order valence-electron chi connectivity index (χ2n) is 7.22. The number of thiazole rings is 1. The zero-order valence-corrected chi connectivity index (χ0v) is 19.3. The first kappa shape index (κ1) is 21.3. The molecule has 0 fully saturated rings. The van der Waals surface area contributed by atoms with Crippen LogP contribution >= 0.6 is 23.1 Å². The van der Waals surface area contributed by atoms with Crippen molar-refractivity contribution in [1.82, 2.24) is 24.3 Å². The van der Waals surface area contributed by atoms with Gasteiger partial charge in [-0.2, -0.15) is 0 Å². The van der Waals surface area contributed by atoms with Crippen LogP contribution in [0, 0.1) is 20.8 Å². The van der Waals surface area contributed by atoms with Crippen molar-refractivity contribution in [3.63, 3.8) is 0 Å². The summed E-state index contributed by atoms with van der Waals surface area (Å²) in [5.41, 5.74) is 4.78. The van der Waals surface area contributed by atoms with Crippen molar-refractivity contribution in [2.45, 2.75) is 32.5 Å². The van der Waals surface area contributed by atoms with Crippen LogP contribution in [0.5, 0.6) is 0 Å². The van der Waals surface area contributed by atoms with E-state index in [-0.39, 0.29) is 11.5 Å². The van der Waals surface area contributed by atoms with E-state index in [1.165, 1.54) is 11.8 Å². The molecule has 0 saturated heterocycles. The van der Waals surface area contributed by atoms with Crippen molar-refractivity contribution in [2.24, 2.45) is 0 Å². The summed E-state index contributed by atoms with van der Waals surface area (Å²) in [6.07, 6.45) is 3.59. The lowest BCUT2D eigenvalue weighted by Crippen LogP contribution is -2.07. The Balaban J connectivity index is 1.57. The van der Waals surface area contributed by atoms with Gasteiger partial charge in [-0.25, -0.2) is 4.98 Å². The highest BCUT2D eigenvalue weighted by atomic mass is 32.2. The molecule has 158 valence electrons. The van der Waals surface area contributed by atoms with Crippen LogP contribution in [-0.2, 0) is 6.54 Å². The van der Waals surface area contributed by atoms with E-state index in [2.05, 4.69) is 27.8 Å². The third-order valence-electron chi connectivity index (χ3n) is 4.98. The van der Waals surface area contributed by atoms with Crippen LogP contribution in [0.2, 0.25) is 0 Å². The lowest BCUT2D eigenvalue weighted by Gasteiger charge is -2.08. The van der Waals surface area contributed by atoms with Gasteiger partial charge >= 0.3 is 0 Å². The normalized spacial score (nSPS) is 11.1. The molecular formula is C23H23N5OS2. The zero-order valence-electron chi connectivity index (χ0n) is 17.7. The highest BCUT2D eigenvalue weighted by Crippen LogP contribution is 2.27. The van der Waals surface area contributed by atoms with Gasteiger partial charge in [0.15, 0.2) is 21.9 Å². The van der Waals surface area contributed by atoms with Crippen LogP contribution < -0.4 is 0 Å². The van der Waals surface area contributed by atoms with Crippen molar-refractivity contribution in [1.29, 1.82) is 0 Å². The summed E-state index contributed by atoms with van der Waals surface area (Å²) in [6.45, 7) is 10.4. The smallest absolute Gasteiger partial charge is 0.193 e. The average Bonchev–Trinajstić information content (AvgIpc) is 3.46. The first-order valence-corrected chi connectivity index (χ1v) is 11.7. The van der Waals surface area contributed by atoms with Crippen LogP contribution in [0.25, 0.3) is 16.5 Å². The monoisotopic (exact) mass is 449 g/mol. The van der Waals surface area contributed by atoms with E-state index in [1.807, 2.05) is 65.6 Å². The first-order valence-electron chi connectivity index (χ1n) is 9.85.